The van der Waals surface area contributed by atoms with Crippen molar-refractivity contribution < 1.29 is 14.7 Å². The number of likely N-dealkylation sites (N-methyl/N-ethyl adjacent to an activating group) is 1. The van der Waals surface area contributed by atoms with Gasteiger partial charge in [-0.1, -0.05) is 29.8 Å². The normalized spacial score (nSPS) is 18.5. The Balaban J connectivity index is 1.93. The highest BCUT2D eigenvalue weighted by atomic mass is 35.5. The van der Waals surface area contributed by atoms with Crippen LogP contribution >= 0.6 is 11.6 Å². The molecule has 1 aromatic carbocycles. The number of aromatic nitrogens is 2. The minimum atomic E-state index is -0.743. The number of aliphatic hydroxyl groups is 1. The van der Waals surface area contributed by atoms with Gasteiger partial charge in [0.05, 0.1) is 17.3 Å². The van der Waals surface area contributed by atoms with E-state index >= 15 is 0 Å². The number of Topliss-reactive ketones (excluding diaryl/α,β-unsaturated/α-hetero) is 1. The van der Waals surface area contributed by atoms with Crippen molar-refractivity contribution in [1.29, 1.82) is 0 Å². The van der Waals surface area contributed by atoms with Crippen LogP contribution in [-0.2, 0) is 9.59 Å². The van der Waals surface area contributed by atoms with Gasteiger partial charge in [-0.2, -0.15) is 0 Å². The number of aryl methyl sites for hydroxylation is 1. The monoisotopic (exact) mass is 438 g/mol. The molecule has 8 heteroatoms. The molecule has 0 unspecified atom stereocenters. The molecule has 0 bridgehead atoms. The zero-order valence-electron chi connectivity index (χ0n) is 17.5. The molecule has 31 heavy (non-hydrogen) atoms. The summed E-state index contributed by atoms with van der Waals surface area (Å²) < 4.78 is 1.72. The summed E-state index contributed by atoms with van der Waals surface area (Å²) in [5.41, 5.74) is 2.31. The van der Waals surface area contributed by atoms with Gasteiger partial charge in [-0.05, 0) is 50.8 Å². The molecule has 0 aliphatic carbocycles. The molecule has 3 aromatic rings. The summed E-state index contributed by atoms with van der Waals surface area (Å²) in [6, 6.07) is 11.7. The SMILES string of the molecule is Cc1nc2ccccn2c1/C(O)=C1\C(=O)C(=O)N(CCN(C)C)[C@@H]1c1cccc(Cl)c1. The Bertz CT molecular complexity index is 1210. The average molecular weight is 439 g/mol. The maximum Gasteiger partial charge on any atom is 0.295 e. The number of nitrogens with zero attached hydrogens (tertiary/aromatic N) is 4. The third-order valence-electron chi connectivity index (χ3n) is 5.42. The lowest BCUT2D eigenvalue weighted by molar-refractivity contribution is -0.140. The van der Waals surface area contributed by atoms with Crippen LogP contribution in [0.3, 0.4) is 0 Å². The van der Waals surface area contributed by atoms with Gasteiger partial charge < -0.3 is 14.9 Å². The first-order valence-electron chi connectivity index (χ1n) is 9.92. The summed E-state index contributed by atoms with van der Waals surface area (Å²) in [4.78, 5) is 34.0. The van der Waals surface area contributed by atoms with Gasteiger partial charge in [0.15, 0.2) is 5.76 Å². The third-order valence-corrected chi connectivity index (χ3v) is 5.66. The summed E-state index contributed by atoms with van der Waals surface area (Å²) in [7, 11) is 3.79. The lowest BCUT2D eigenvalue weighted by atomic mass is 9.96. The van der Waals surface area contributed by atoms with Gasteiger partial charge in [0.2, 0.25) is 0 Å². The topological polar surface area (TPSA) is 78.1 Å². The fraction of sp³-hybridized carbons (Fsp3) is 0.261. The Morgan fingerprint density at radius 1 is 1.19 bits per heavy atom. The van der Waals surface area contributed by atoms with E-state index in [1.54, 1.807) is 41.8 Å². The Kier molecular flexibility index (Phi) is 5.56. The van der Waals surface area contributed by atoms with Gasteiger partial charge >= 0.3 is 0 Å². The van der Waals surface area contributed by atoms with E-state index in [1.165, 1.54) is 4.90 Å². The number of carbonyl (C=O) groups excluding carboxylic acids is 2. The fourth-order valence-corrected chi connectivity index (χ4v) is 4.17. The molecule has 160 valence electrons. The van der Waals surface area contributed by atoms with Gasteiger partial charge in [0, 0.05) is 24.3 Å². The van der Waals surface area contributed by atoms with Crippen molar-refractivity contribution in [1.82, 2.24) is 19.2 Å². The van der Waals surface area contributed by atoms with Crippen LogP contribution in [0.15, 0.2) is 54.2 Å². The number of ketones is 1. The molecule has 1 fully saturated rings. The van der Waals surface area contributed by atoms with Crippen LogP contribution in [0.2, 0.25) is 5.02 Å². The van der Waals surface area contributed by atoms with Crippen LogP contribution in [0.25, 0.3) is 11.4 Å². The molecule has 4 rings (SSSR count). The second-order valence-electron chi connectivity index (χ2n) is 7.83. The van der Waals surface area contributed by atoms with E-state index < -0.39 is 17.7 Å². The molecule has 0 saturated carbocycles. The van der Waals surface area contributed by atoms with Crippen LogP contribution in [0.4, 0.5) is 0 Å². The molecule has 1 amide bonds. The first kappa shape index (κ1) is 21.1. The maximum atomic E-state index is 13.1. The van der Waals surface area contributed by atoms with Gasteiger partial charge in [-0.15, -0.1) is 0 Å². The minimum Gasteiger partial charge on any atom is -0.505 e. The summed E-state index contributed by atoms with van der Waals surface area (Å²) >= 11 is 6.21. The Hall–Kier alpha value is -3.16. The number of benzene rings is 1. The van der Waals surface area contributed by atoms with Crippen LogP contribution in [0.1, 0.15) is 23.0 Å². The summed E-state index contributed by atoms with van der Waals surface area (Å²) in [5.74, 6) is -1.60. The summed E-state index contributed by atoms with van der Waals surface area (Å²) in [5, 5.41) is 11.8. The number of halogens is 1. The molecule has 1 aliphatic heterocycles. The molecule has 1 atom stereocenters. The standard InChI is InChI=1S/C23H23ClN4O3/c1-14-19(27-10-5-4-9-17(27)25-14)21(29)18-20(15-7-6-8-16(24)13-15)28(12-11-26(2)3)23(31)22(18)30/h4-10,13,20,29H,11-12H2,1-3H3/b21-18+/t20-/m1/s1. The van der Waals surface area contributed by atoms with Crippen molar-refractivity contribution in [2.24, 2.45) is 0 Å². The number of imidazole rings is 1. The van der Waals surface area contributed by atoms with E-state index in [2.05, 4.69) is 4.98 Å². The quantitative estimate of drug-likeness (QED) is 0.376. The van der Waals surface area contributed by atoms with E-state index in [-0.39, 0.29) is 11.3 Å². The lowest BCUT2D eigenvalue weighted by Gasteiger charge is -2.26. The number of pyridine rings is 1. The number of amides is 1. The second kappa shape index (κ2) is 8.17. The molecule has 1 N–H and O–H groups in total. The van der Waals surface area contributed by atoms with Crippen LogP contribution < -0.4 is 0 Å². The van der Waals surface area contributed by atoms with E-state index in [0.717, 1.165) is 0 Å². The first-order chi connectivity index (χ1) is 14.8. The van der Waals surface area contributed by atoms with E-state index in [9.17, 15) is 14.7 Å². The fourth-order valence-electron chi connectivity index (χ4n) is 3.97. The van der Waals surface area contributed by atoms with Crippen molar-refractivity contribution in [2.45, 2.75) is 13.0 Å². The summed E-state index contributed by atoms with van der Waals surface area (Å²) in [6.07, 6.45) is 1.76. The van der Waals surface area contributed by atoms with Crippen molar-refractivity contribution in [2.75, 3.05) is 27.2 Å². The van der Waals surface area contributed by atoms with E-state index in [4.69, 9.17) is 11.6 Å². The Labute approximate surface area is 185 Å². The predicted molar refractivity (Wildman–Crippen MR) is 119 cm³/mol. The number of aliphatic hydroxyl groups excluding tert-OH is 1. The third kappa shape index (κ3) is 3.71. The molecule has 3 heterocycles. The minimum absolute atomic E-state index is 0.0415. The van der Waals surface area contributed by atoms with Crippen molar-refractivity contribution in [3.63, 3.8) is 0 Å². The number of fused-ring (bicyclic) bond motifs is 1. The highest BCUT2D eigenvalue weighted by molar-refractivity contribution is 6.46. The van der Waals surface area contributed by atoms with E-state index in [1.807, 2.05) is 37.2 Å². The van der Waals surface area contributed by atoms with E-state index in [0.29, 0.717) is 40.7 Å². The second-order valence-corrected chi connectivity index (χ2v) is 8.26. The molecular formula is C23H23ClN4O3. The molecule has 2 aromatic heterocycles. The number of hydrogen-bond acceptors (Lipinski definition) is 5. The zero-order chi connectivity index (χ0) is 22.3. The molecule has 1 aliphatic rings. The number of hydrogen-bond donors (Lipinski definition) is 1. The predicted octanol–water partition coefficient (Wildman–Crippen LogP) is 3.28. The van der Waals surface area contributed by atoms with Gasteiger partial charge in [0.1, 0.15) is 11.3 Å². The van der Waals surface area contributed by atoms with Crippen molar-refractivity contribution >= 4 is 34.7 Å². The molecule has 0 spiro atoms. The Morgan fingerprint density at radius 3 is 2.68 bits per heavy atom. The van der Waals surface area contributed by atoms with Crippen molar-refractivity contribution in [3.8, 4) is 0 Å². The maximum absolute atomic E-state index is 13.1. The average Bonchev–Trinajstić information content (AvgIpc) is 3.19. The lowest BCUT2D eigenvalue weighted by Crippen LogP contribution is -2.35. The molecular weight excluding hydrogens is 416 g/mol. The number of rotatable bonds is 5. The smallest absolute Gasteiger partial charge is 0.295 e. The van der Waals surface area contributed by atoms with Gasteiger partial charge in [-0.3, -0.25) is 14.0 Å². The van der Waals surface area contributed by atoms with Gasteiger partial charge in [0.25, 0.3) is 11.7 Å². The molecule has 7 nitrogen and oxygen atoms in total. The summed E-state index contributed by atoms with van der Waals surface area (Å²) in [6.45, 7) is 2.66. The highest BCUT2D eigenvalue weighted by Crippen LogP contribution is 2.40. The Morgan fingerprint density at radius 2 is 1.97 bits per heavy atom. The number of carbonyl (C=O) groups is 2. The number of likely N-dealkylation sites (tertiary alicyclic amines) is 1. The van der Waals surface area contributed by atoms with Crippen molar-refractivity contribution in [3.05, 3.63) is 76.2 Å². The highest BCUT2D eigenvalue weighted by Gasteiger charge is 2.46. The van der Waals surface area contributed by atoms with Crippen LogP contribution in [-0.4, -0.2) is 63.2 Å². The largest absolute Gasteiger partial charge is 0.505 e. The first-order valence-corrected chi connectivity index (χ1v) is 10.3. The molecule has 0 radical (unpaired) electrons. The van der Waals surface area contributed by atoms with Crippen LogP contribution in [0, 0.1) is 6.92 Å². The molecule has 1 saturated heterocycles. The zero-order valence-corrected chi connectivity index (χ0v) is 18.3. The van der Waals surface area contributed by atoms with Gasteiger partial charge in [-0.25, -0.2) is 4.98 Å². The van der Waals surface area contributed by atoms with Crippen LogP contribution in [0.5, 0.6) is 0 Å².